The van der Waals surface area contributed by atoms with Crippen LogP contribution in [0.5, 0.6) is 0 Å². The molecule has 0 aliphatic carbocycles. The van der Waals surface area contributed by atoms with E-state index in [9.17, 15) is 9.59 Å². The van der Waals surface area contributed by atoms with Gasteiger partial charge in [0.2, 0.25) is 5.91 Å². The molecule has 6 nitrogen and oxygen atoms in total. The smallest absolute Gasteiger partial charge is 0.309 e. The molecule has 0 unspecified atom stereocenters. The average Bonchev–Trinajstić information content (AvgIpc) is 2.31. The van der Waals surface area contributed by atoms with Gasteiger partial charge in [0, 0.05) is 0 Å². The summed E-state index contributed by atoms with van der Waals surface area (Å²) in [6, 6.07) is 2.64. The summed E-state index contributed by atoms with van der Waals surface area (Å²) < 4.78 is 0. The lowest BCUT2D eigenvalue weighted by Crippen LogP contribution is -2.35. The predicted octanol–water partition coefficient (Wildman–Crippen LogP) is 0.775. The minimum absolute atomic E-state index is 0.135. The summed E-state index contributed by atoms with van der Waals surface area (Å²) in [5, 5.41) is 11.2. The minimum atomic E-state index is -0.941. The fourth-order valence-electron chi connectivity index (χ4n) is 1.43. The largest absolute Gasteiger partial charge is 0.481 e. The summed E-state index contributed by atoms with van der Waals surface area (Å²) in [4.78, 5) is 26.0. The molecule has 0 bridgehead atoms. The van der Waals surface area contributed by atoms with E-state index in [4.69, 9.17) is 10.8 Å². The van der Waals surface area contributed by atoms with Gasteiger partial charge in [-0.3, -0.25) is 14.6 Å². The summed E-state index contributed by atoms with van der Waals surface area (Å²) in [7, 11) is 0. The van der Waals surface area contributed by atoms with Crippen LogP contribution in [0.4, 0.5) is 5.69 Å². The van der Waals surface area contributed by atoms with E-state index in [1.54, 1.807) is 12.1 Å². The number of carboxylic acid groups (broad SMARTS) is 1. The summed E-state index contributed by atoms with van der Waals surface area (Å²) in [6.07, 6.45) is 2.75. The van der Waals surface area contributed by atoms with Crippen molar-refractivity contribution in [2.24, 2.45) is 5.73 Å². The first-order valence-electron chi connectivity index (χ1n) is 5.76. The van der Waals surface area contributed by atoms with Crippen LogP contribution in [0.25, 0.3) is 0 Å². The normalized spacial score (nSPS) is 11.9. The van der Waals surface area contributed by atoms with E-state index in [0.29, 0.717) is 17.8 Å². The van der Waals surface area contributed by atoms with Gasteiger partial charge in [-0.05, 0) is 18.6 Å². The lowest BCUT2D eigenvalue weighted by atomic mass is 10.1. The van der Waals surface area contributed by atoms with Gasteiger partial charge >= 0.3 is 5.97 Å². The zero-order valence-electron chi connectivity index (χ0n) is 10.2. The van der Waals surface area contributed by atoms with Crippen molar-refractivity contribution in [1.29, 1.82) is 0 Å². The topological polar surface area (TPSA) is 105 Å². The molecule has 0 saturated carbocycles. The molecule has 1 atom stereocenters. The summed E-state index contributed by atoms with van der Waals surface area (Å²) >= 11 is 0. The molecule has 1 aromatic rings. The number of nitrogens with one attached hydrogen (secondary N) is 1. The quantitative estimate of drug-likeness (QED) is 0.692. The van der Waals surface area contributed by atoms with Crippen LogP contribution in [-0.2, 0) is 16.0 Å². The predicted molar refractivity (Wildman–Crippen MR) is 67.1 cm³/mol. The molecule has 6 heteroatoms. The van der Waals surface area contributed by atoms with Crippen molar-refractivity contribution in [1.82, 2.24) is 4.98 Å². The lowest BCUT2D eigenvalue weighted by Gasteiger charge is -2.10. The molecule has 0 spiro atoms. The first kappa shape index (κ1) is 14.1. The van der Waals surface area contributed by atoms with E-state index >= 15 is 0 Å². The molecule has 1 rings (SSSR count). The number of nitrogens with zero attached hydrogens (tertiary/aromatic N) is 1. The molecular weight excluding hydrogens is 234 g/mol. The number of carbonyl (C=O) groups excluding carboxylic acids is 1. The van der Waals surface area contributed by atoms with Crippen LogP contribution in [0.15, 0.2) is 18.3 Å². The highest BCUT2D eigenvalue weighted by Crippen LogP contribution is 2.08. The van der Waals surface area contributed by atoms with Gasteiger partial charge in [0.05, 0.1) is 30.0 Å². The number of rotatable bonds is 6. The number of hydrogen-bond acceptors (Lipinski definition) is 4. The van der Waals surface area contributed by atoms with Crippen molar-refractivity contribution in [3.63, 3.8) is 0 Å². The molecule has 0 aliphatic rings. The van der Waals surface area contributed by atoms with Crippen LogP contribution in [0.2, 0.25) is 0 Å². The van der Waals surface area contributed by atoms with Crippen molar-refractivity contribution >= 4 is 17.6 Å². The maximum absolute atomic E-state index is 11.6. The molecule has 0 radical (unpaired) electrons. The number of aromatic nitrogens is 1. The molecule has 0 saturated heterocycles. The second-order valence-electron chi connectivity index (χ2n) is 3.99. The Kier molecular flexibility index (Phi) is 5.26. The number of aliphatic carboxylic acids is 1. The van der Waals surface area contributed by atoms with Crippen LogP contribution in [0, 0.1) is 0 Å². The SMILES string of the molecule is CCC[C@@H](N)C(=O)Nc1ccc(CC(=O)O)nc1. The highest BCUT2D eigenvalue weighted by molar-refractivity contribution is 5.94. The summed E-state index contributed by atoms with van der Waals surface area (Å²) in [5.74, 6) is -1.20. The van der Waals surface area contributed by atoms with Crippen molar-refractivity contribution in [3.05, 3.63) is 24.0 Å². The second-order valence-corrected chi connectivity index (χ2v) is 3.99. The third-order valence-corrected chi connectivity index (χ3v) is 2.36. The molecular formula is C12H17N3O3. The summed E-state index contributed by atoms with van der Waals surface area (Å²) in [6.45, 7) is 1.95. The average molecular weight is 251 g/mol. The van der Waals surface area contributed by atoms with Crippen LogP contribution in [-0.4, -0.2) is 28.0 Å². The number of carboxylic acids is 1. The maximum atomic E-state index is 11.6. The van der Waals surface area contributed by atoms with Gasteiger partial charge in [-0.1, -0.05) is 13.3 Å². The first-order chi connectivity index (χ1) is 8.52. The van der Waals surface area contributed by atoms with Crippen LogP contribution >= 0.6 is 0 Å². The zero-order chi connectivity index (χ0) is 13.5. The standard InChI is InChI=1S/C12H17N3O3/c1-2-3-10(13)12(18)15-9-5-4-8(14-7-9)6-11(16)17/h4-5,7,10H,2-3,6,13H2,1H3,(H,15,18)(H,16,17)/t10-/m1/s1. The number of carbonyl (C=O) groups is 2. The Morgan fingerprint density at radius 3 is 2.72 bits per heavy atom. The van der Waals surface area contributed by atoms with Gasteiger partial charge in [-0.2, -0.15) is 0 Å². The Morgan fingerprint density at radius 1 is 1.50 bits per heavy atom. The fraction of sp³-hybridized carbons (Fsp3) is 0.417. The molecule has 1 aromatic heterocycles. The van der Waals surface area contributed by atoms with Crippen molar-refractivity contribution < 1.29 is 14.7 Å². The number of amides is 1. The number of nitrogens with two attached hydrogens (primary N) is 1. The molecule has 1 heterocycles. The van der Waals surface area contributed by atoms with Gasteiger partial charge in [-0.15, -0.1) is 0 Å². The maximum Gasteiger partial charge on any atom is 0.309 e. The van der Waals surface area contributed by atoms with Crippen molar-refractivity contribution in [3.8, 4) is 0 Å². The van der Waals surface area contributed by atoms with Gasteiger partial charge < -0.3 is 16.2 Å². The fourth-order valence-corrected chi connectivity index (χ4v) is 1.43. The van der Waals surface area contributed by atoms with E-state index in [-0.39, 0.29) is 12.3 Å². The Bertz CT molecular complexity index is 417. The minimum Gasteiger partial charge on any atom is -0.481 e. The monoisotopic (exact) mass is 251 g/mol. The molecule has 0 aromatic carbocycles. The second kappa shape index (κ2) is 6.70. The third-order valence-electron chi connectivity index (χ3n) is 2.36. The van der Waals surface area contributed by atoms with E-state index in [2.05, 4.69) is 10.3 Å². The van der Waals surface area contributed by atoms with Crippen LogP contribution in [0.1, 0.15) is 25.5 Å². The molecule has 18 heavy (non-hydrogen) atoms. The highest BCUT2D eigenvalue weighted by atomic mass is 16.4. The Balaban J connectivity index is 2.58. The van der Waals surface area contributed by atoms with Gasteiger partial charge in [-0.25, -0.2) is 0 Å². The van der Waals surface area contributed by atoms with Crippen molar-refractivity contribution in [2.75, 3.05) is 5.32 Å². The van der Waals surface area contributed by atoms with Gasteiger partial charge in [0.15, 0.2) is 0 Å². The van der Waals surface area contributed by atoms with Gasteiger partial charge in [0.1, 0.15) is 0 Å². The number of pyridine rings is 1. The zero-order valence-corrected chi connectivity index (χ0v) is 10.2. The molecule has 0 aliphatic heterocycles. The summed E-state index contributed by atoms with van der Waals surface area (Å²) in [5.41, 5.74) is 6.62. The van der Waals surface area contributed by atoms with Gasteiger partial charge in [0.25, 0.3) is 0 Å². The Morgan fingerprint density at radius 2 is 2.22 bits per heavy atom. The highest BCUT2D eigenvalue weighted by Gasteiger charge is 2.12. The molecule has 0 fully saturated rings. The lowest BCUT2D eigenvalue weighted by molar-refractivity contribution is -0.136. The van der Waals surface area contributed by atoms with E-state index in [1.165, 1.54) is 6.20 Å². The molecule has 98 valence electrons. The van der Waals surface area contributed by atoms with Crippen LogP contribution in [0.3, 0.4) is 0 Å². The molecule has 4 N–H and O–H groups in total. The van der Waals surface area contributed by atoms with E-state index in [1.807, 2.05) is 6.92 Å². The Hall–Kier alpha value is -1.95. The third kappa shape index (κ3) is 4.50. The number of anilines is 1. The van der Waals surface area contributed by atoms with E-state index < -0.39 is 12.0 Å². The number of hydrogen-bond donors (Lipinski definition) is 3. The van der Waals surface area contributed by atoms with E-state index in [0.717, 1.165) is 6.42 Å². The Labute approximate surface area is 105 Å². The molecule has 1 amide bonds. The van der Waals surface area contributed by atoms with Crippen molar-refractivity contribution in [2.45, 2.75) is 32.2 Å². The first-order valence-corrected chi connectivity index (χ1v) is 5.76. The van der Waals surface area contributed by atoms with Crippen LogP contribution < -0.4 is 11.1 Å².